The van der Waals surface area contributed by atoms with Gasteiger partial charge in [-0.15, -0.1) is 0 Å². The van der Waals surface area contributed by atoms with Crippen LogP contribution in [0.3, 0.4) is 0 Å². The van der Waals surface area contributed by atoms with Gasteiger partial charge < -0.3 is 4.90 Å². The van der Waals surface area contributed by atoms with Gasteiger partial charge in [0.25, 0.3) is 5.91 Å². The molecular weight excluding hydrogens is 236 g/mol. The second kappa shape index (κ2) is 6.38. The van der Waals surface area contributed by atoms with E-state index in [1.807, 2.05) is 11.0 Å². The van der Waals surface area contributed by atoms with Gasteiger partial charge in [0.15, 0.2) is 0 Å². The summed E-state index contributed by atoms with van der Waals surface area (Å²) in [6, 6.07) is 9.57. The molecule has 0 bridgehead atoms. The van der Waals surface area contributed by atoms with Crippen molar-refractivity contribution in [2.45, 2.75) is 45.1 Å². The van der Waals surface area contributed by atoms with E-state index in [0.717, 1.165) is 38.6 Å². The summed E-state index contributed by atoms with van der Waals surface area (Å²) in [7, 11) is 0. The molecule has 0 spiro atoms. The summed E-state index contributed by atoms with van der Waals surface area (Å²) in [6.07, 6.45) is 5.58. The molecule has 1 aromatic rings. The van der Waals surface area contributed by atoms with Gasteiger partial charge in [0, 0.05) is 12.6 Å². The van der Waals surface area contributed by atoms with E-state index in [9.17, 15) is 4.79 Å². The Bertz CT molecular complexity index is 490. The van der Waals surface area contributed by atoms with Gasteiger partial charge in [0.1, 0.15) is 0 Å². The van der Waals surface area contributed by atoms with Crippen LogP contribution in [-0.4, -0.2) is 23.4 Å². The number of hydrogen-bond acceptors (Lipinski definition) is 2. The van der Waals surface area contributed by atoms with E-state index >= 15 is 0 Å². The summed E-state index contributed by atoms with van der Waals surface area (Å²) in [5.74, 6) is 0.0238. The van der Waals surface area contributed by atoms with Gasteiger partial charge >= 0.3 is 0 Å². The van der Waals surface area contributed by atoms with Crippen LogP contribution < -0.4 is 0 Å². The van der Waals surface area contributed by atoms with Crippen molar-refractivity contribution in [3.63, 3.8) is 0 Å². The van der Waals surface area contributed by atoms with Crippen molar-refractivity contribution in [1.82, 2.24) is 4.90 Å². The molecule has 0 aliphatic carbocycles. The summed E-state index contributed by atoms with van der Waals surface area (Å²) in [5, 5.41) is 9.10. The maximum Gasteiger partial charge on any atom is 0.255 e. The van der Waals surface area contributed by atoms with Gasteiger partial charge in [-0.3, -0.25) is 4.79 Å². The lowest BCUT2D eigenvalue weighted by Gasteiger charge is -2.25. The Balaban J connectivity index is 2.16. The number of nitriles is 1. The molecule has 1 aliphatic rings. The largest absolute Gasteiger partial charge is 0.336 e. The summed E-state index contributed by atoms with van der Waals surface area (Å²) < 4.78 is 0. The molecule has 0 N–H and O–H groups in total. The predicted octanol–water partition coefficient (Wildman–Crippen LogP) is 3.35. The smallest absolute Gasteiger partial charge is 0.255 e. The maximum absolute atomic E-state index is 12.6. The van der Waals surface area contributed by atoms with Gasteiger partial charge in [0.05, 0.1) is 17.2 Å². The van der Waals surface area contributed by atoms with Crippen LogP contribution in [0.4, 0.5) is 0 Å². The summed E-state index contributed by atoms with van der Waals surface area (Å²) in [4.78, 5) is 14.5. The quantitative estimate of drug-likeness (QED) is 0.829. The lowest BCUT2D eigenvalue weighted by Crippen LogP contribution is -2.35. The Morgan fingerprint density at radius 1 is 1.47 bits per heavy atom. The standard InChI is InChI=1S/C16H20N2O/c1-2-3-8-14-9-6-11-18(14)16(19)15-10-5-4-7-13(15)12-17/h4-5,7,10,14H,2-3,6,8-9,11H2,1H3/t14-/m0/s1. The third-order valence-corrected chi connectivity index (χ3v) is 3.81. The number of likely N-dealkylation sites (tertiary alicyclic amines) is 1. The normalized spacial score (nSPS) is 18.3. The highest BCUT2D eigenvalue weighted by molar-refractivity contribution is 5.97. The zero-order valence-electron chi connectivity index (χ0n) is 11.4. The fourth-order valence-electron chi connectivity index (χ4n) is 2.76. The number of rotatable bonds is 4. The molecular formula is C16H20N2O. The average Bonchev–Trinajstić information content (AvgIpc) is 2.92. The Morgan fingerprint density at radius 2 is 2.26 bits per heavy atom. The average molecular weight is 256 g/mol. The minimum atomic E-state index is 0.0238. The number of carbonyl (C=O) groups is 1. The summed E-state index contributed by atoms with van der Waals surface area (Å²) in [6.45, 7) is 3.00. The van der Waals surface area contributed by atoms with Crippen molar-refractivity contribution in [2.75, 3.05) is 6.54 Å². The summed E-state index contributed by atoms with van der Waals surface area (Å²) in [5.41, 5.74) is 1.03. The minimum absolute atomic E-state index is 0.0238. The van der Waals surface area contributed by atoms with Crippen LogP contribution in [0.25, 0.3) is 0 Å². The topological polar surface area (TPSA) is 44.1 Å². The van der Waals surface area contributed by atoms with Crippen molar-refractivity contribution < 1.29 is 4.79 Å². The van der Waals surface area contributed by atoms with Crippen molar-refractivity contribution in [3.05, 3.63) is 35.4 Å². The van der Waals surface area contributed by atoms with Crippen LogP contribution in [-0.2, 0) is 0 Å². The first-order valence-corrected chi connectivity index (χ1v) is 7.08. The molecule has 19 heavy (non-hydrogen) atoms. The number of carbonyl (C=O) groups excluding carboxylic acids is 1. The third-order valence-electron chi connectivity index (χ3n) is 3.81. The monoisotopic (exact) mass is 256 g/mol. The van der Waals surface area contributed by atoms with Crippen LogP contribution in [0.5, 0.6) is 0 Å². The second-order valence-corrected chi connectivity index (χ2v) is 5.09. The van der Waals surface area contributed by atoms with E-state index in [1.165, 1.54) is 0 Å². The van der Waals surface area contributed by atoms with Crippen LogP contribution in [0.2, 0.25) is 0 Å². The zero-order chi connectivity index (χ0) is 13.7. The number of unbranched alkanes of at least 4 members (excludes halogenated alkanes) is 1. The minimum Gasteiger partial charge on any atom is -0.336 e. The molecule has 1 heterocycles. The van der Waals surface area contributed by atoms with Gasteiger partial charge in [-0.2, -0.15) is 5.26 Å². The SMILES string of the molecule is CCCC[C@H]1CCCN1C(=O)c1ccccc1C#N. The first-order chi connectivity index (χ1) is 9.27. The van der Waals surface area contributed by atoms with Gasteiger partial charge in [-0.05, 0) is 31.4 Å². The van der Waals surface area contributed by atoms with E-state index in [0.29, 0.717) is 17.2 Å². The Labute approximate surface area is 114 Å². The fraction of sp³-hybridized carbons (Fsp3) is 0.500. The zero-order valence-corrected chi connectivity index (χ0v) is 11.4. The lowest BCUT2D eigenvalue weighted by atomic mass is 10.0. The van der Waals surface area contributed by atoms with Crippen molar-refractivity contribution in [2.24, 2.45) is 0 Å². The first-order valence-electron chi connectivity index (χ1n) is 7.08. The molecule has 100 valence electrons. The highest BCUT2D eigenvalue weighted by atomic mass is 16.2. The molecule has 3 nitrogen and oxygen atoms in total. The van der Waals surface area contributed by atoms with Gasteiger partial charge in [-0.25, -0.2) is 0 Å². The van der Waals surface area contributed by atoms with Crippen molar-refractivity contribution in [1.29, 1.82) is 5.26 Å². The van der Waals surface area contributed by atoms with Crippen molar-refractivity contribution >= 4 is 5.91 Å². The number of benzene rings is 1. The van der Waals surface area contributed by atoms with E-state index in [-0.39, 0.29) is 5.91 Å². The second-order valence-electron chi connectivity index (χ2n) is 5.09. The van der Waals surface area contributed by atoms with E-state index in [4.69, 9.17) is 5.26 Å². The number of amides is 1. The highest BCUT2D eigenvalue weighted by Crippen LogP contribution is 2.24. The number of hydrogen-bond donors (Lipinski definition) is 0. The van der Waals surface area contributed by atoms with E-state index in [2.05, 4.69) is 13.0 Å². The first kappa shape index (κ1) is 13.6. The van der Waals surface area contributed by atoms with Gasteiger partial charge in [-0.1, -0.05) is 31.9 Å². The van der Waals surface area contributed by atoms with Gasteiger partial charge in [0.2, 0.25) is 0 Å². The van der Waals surface area contributed by atoms with E-state index in [1.54, 1.807) is 18.2 Å². The van der Waals surface area contributed by atoms with Crippen LogP contribution in [0.15, 0.2) is 24.3 Å². The predicted molar refractivity (Wildman–Crippen MR) is 74.7 cm³/mol. The van der Waals surface area contributed by atoms with Crippen LogP contribution in [0, 0.1) is 11.3 Å². The van der Waals surface area contributed by atoms with Crippen LogP contribution in [0.1, 0.15) is 54.9 Å². The molecule has 1 saturated heterocycles. The summed E-state index contributed by atoms with van der Waals surface area (Å²) >= 11 is 0. The molecule has 0 unspecified atom stereocenters. The third kappa shape index (κ3) is 2.96. The number of nitrogens with zero attached hydrogens (tertiary/aromatic N) is 2. The molecule has 2 rings (SSSR count). The molecule has 0 aromatic heterocycles. The molecule has 3 heteroatoms. The molecule has 1 amide bonds. The van der Waals surface area contributed by atoms with E-state index < -0.39 is 0 Å². The van der Waals surface area contributed by atoms with Crippen LogP contribution >= 0.6 is 0 Å². The Kier molecular flexibility index (Phi) is 4.57. The Hall–Kier alpha value is -1.82. The lowest BCUT2D eigenvalue weighted by molar-refractivity contribution is 0.0728. The van der Waals surface area contributed by atoms with Crippen molar-refractivity contribution in [3.8, 4) is 6.07 Å². The molecule has 1 aliphatic heterocycles. The molecule has 0 saturated carbocycles. The highest BCUT2D eigenvalue weighted by Gasteiger charge is 2.29. The Morgan fingerprint density at radius 3 is 3.00 bits per heavy atom. The molecule has 1 aromatic carbocycles. The fourth-order valence-corrected chi connectivity index (χ4v) is 2.76. The molecule has 0 radical (unpaired) electrons. The maximum atomic E-state index is 12.6. The molecule has 1 fully saturated rings. The molecule has 1 atom stereocenters.